The van der Waals surface area contributed by atoms with Crippen LogP contribution < -0.4 is 0 Å². The summed E-state index contributed by atoms with van der Waals surface area (Å²) >= 11 is 6.03. The Morgan fingerprint density at radius 2 is 2.03 bits per heavy atom. The highest BCUT2D eigenvalue weighted by atomic mass is 35.5. The lowest BCUT2D eigenvalue weighted by Crippen LogP contribution is -2.40. The summed E-state index contributed by atoms with van der Waals surface area (Å²) in [6.07, 6.45) is 2.90. The zero-order valence-corrected chi connectivity index (χ0v) is 17.2. The predicted octanol–water partition coefficient (Wildman–Crippen LogP) is 2.14. The molecular formula is C18H17ClN6O4S. The molecule has 4 heterocycles. The first-order valence-electron chi connectivity index (χ1n) is 9.20. The first kappa shape index (κ1) is 19.2. The molecule has 10 nitrogen and oxygen atoms in total. The summed E-state index contributed by atoms with van der Waals surface area (Å²) < 4.78 is 38.9. The summed E-state index contributed by atoms with van der Waals surface area (Å²) in [4.78, 5) is 11.6. The van der Waals surface area contributed by atoms with Crippen LogP contribution in [-0.2, 0) is 21.3 Å². The van der Waals surface area contributed by atoms with Gasteiger partial charge in [0.2, 0.25) is 0 Å². The lowest BCUT2D eigenvalue weighted by atomic mass is 10.2. The Kier molecular flexibility index (Phi) is 4.82. The number of halogens is 1. The average Bonchev–Trinajstić information content (AvgIpc) is 3.48. The van der Waals surface area contributed by atoms with Crippen LogP contribution in [-0.4, -0.2) is 63.7 Å². The topological polar surface area (TPSA) is 119 Å². The number of hydrogen-bond acceptors (Lipinski definition) is 7. The quantitative estimate of drug-likeness (QED) is 0.496. The van der Waals surface area contributed by atoms with E-state index in [1.807, 2.05) is 18.2 Å². The molecule has 0 amide bonds. The van der Waals surface area contributed by atoms with E-state index in [2.05, 4.69) is 20.1 Å². The molecular weight excluding hydrogens is 432 g/mol. The van der Waals surface area contributed by atoms with Crippen LogP contribution in [0.1, 0.15) is 5.82 Å². The number of hydrogen-bond donors (Lipinski definition) is 1. The Bertz CT molecular complexity index is 1310. The zero-order valence-electron chi connectivity index (χ0n) is 15.7. The van der Waals surface area contributed by atoms with Gasteiger partial charge in [-0.15, -0.1) is 0 Å². The molecule has 5 rings (SSSR count). The Labute approximate surface area is 176 Å². The number of H-pyrrole nitrogens is 1. The van der Waals surface area contributed by atoms with Gasteiger partial charge in [-0.2, -0.15) is 9.29 Å². The highest BCUT2D eigenvalue weighted by Gasteiger charge is 2.28. The fourth-order valence-corrected chi connectivity index (χ4v) is 4.81. The number of aromatic nitrogens is 5. The molecule has 0 spiro atoms. The monoisotopic (exact) mass is 448 g/mol. The van der Waals surface area contributed by atoms with E-state index in [4.69, 9.17) is 20.9 Å². The molecule has 1 saturated heterocycles. The molecule has 1 aliphatic heterocycles. The van der Waals surface area contributed by atoms with Crippen LogP contribution in [0.2, 0.25) is 5.02 Å². The molecule has 1 aliphatic rings. The first-order valence-corrected chi connectivity index (χ1v) is 11.0. The second-order valence-corrected chi connectivity index (χ2v) is 9.15. The fourth-order valence-electron chi connectivity index (χ4n) is 3.29. The summed E-state index contributed by atoms with van der Waals surface area (Å²) in [5.74, 6) is 0.730. The van der Waals surface area contributed by atoms with Gasteiger partial charge in [-0.1, -0.05) is 16.8 Å². The number of benzene rings is 1. The standard InChI is InChI=1S/C18H17ClN6O4S/c19-13-1-2-14-12(7-13)8-15(21-14)18-22-16(23-29-18)9-24-10-17(20-11-24)30(26,27)25-3-5-28-6-4-25/h1-2,7-8,10-11,21H,3-6,9H2. The highest BCUT2D eigenvalue weighted by molar-refractivity contribution is 7.89. The van der Waals surface area contributed by atoms with Gasteiger partial charge in [0, 0.05) is 35.2 Å². The molecule has 12 heteroatoms. The van der Waals surface area contributed by atoms with Crippen molar-refractivity contribution in [2.45, 2.75) is 11.6 Å². The lowest BCUT2D eigenvalue weighted by Gasteiger charge is -2.24. The van der Waals surface area contributed by atoms with Crippen molar-refractivity contribution in [3.63, 3.8) is 0 Å². The third-order valence-electron chi connectivity index (χ3n) is 4.79. The van der Waals surface area contributed by atoms with Crippen LogP contribution in [0, 0.1) is 0 Å². The Morgan fingerprint density at radius 3 is 2.87 bits per heavy atom. The number of imidazole rings is 1. The predicted molar refractivity (Wildman–Crippen MR) is 108 cm³/mol. The SMILES string of the molecule is O=S(=O)(c1cn(Cc2noc(-c3cc4cc(Cl)ccc4[nH]3)n2)cn1)N1CCOCC1. The maximum Gasteiger partial charge on any atom is 0.274 e. The van der Waals surface area contributed by atoms with Gasteiger partial charge >= 0.3 is 0 Å². The normalized spacial score (nSPS) is 15.8. The molecule has 0 atom stereocenters. The van der Waals surface area contributed by atoms with Crippen LogP contribution in [0.4, 0.5) is 0 Å². The summed E-state index contributed by atoms with van der Waals surface area (Å²) in [6.45, 7) is 1.62. The number of rotatable bonds is 5. The highest BCUT2D eigenvalue weighted by Crippen LogP contribution is 2.25. The maximum absolute atomic E-state index is 12.7. The largest absolute Gasteiger partial charge is 0.379 e. The molecule has 3 aromatic heterocycles. The number of nitrogens with one attached hydrogen (secondary N) is 1. The third kappa shape index (κ3) is 3.60. The van der Waals surface area contributed by atoms with E-state index in [0.717, 1.165) is 10.9 Å². The summed E-state index contributed by atoms with van der Waals surface area (Å²) in [6, 6.07) is 7.39. The second kappa shape index (κ2) is 7.51. The molecule has 156 valence electrons. The van der Waals surface area contributed by atoms with Crippen LogP contribution in [0.25, 0.3) is 22.5 Å². The molecule has 0 radical (unpaired) electrons. The number of sulfonamides is 1. The molecule has 0 saturated carbocycles. The summed E-state index contributed by atoms with van der Waals surface area (Å²) in [5.41, 5.74) is 1.58. The van der Waals surface area contributed by atoms with Gasteiger partial charge in [0.05, 0.1) is 26.1 Å². The molecule has 4 aromatic rings. The van der Waals surface area contributed by atoms with Crippen molar-refractivity contribution in [3.05, 3.63) is 47.6 Å². The minimum atomic E-state index is -3.65. The average molecular weight is 449 g/mol. The molecule has 0 aliphatic carbocycles. The van der Waals surface area contributed by atoms with Crippen molar-refractivity contribution in [2.75, 3.05) is 26.3 Å². The van der Waals surface area contributed by atoms with Crippen molar-refractivity contribution in [2.24, 2.45) is 0 Å². The minimum Gasteiger partial charge on any atom is -0.379 e. The van der Waals surface area contributed by atoms with Gasteiger partial charge in [-0.3, -0.25) is 0 Å². The summed E-state index contributed by atoms with van der Waals surface area (Å²) in [5, 5.41) is 5.54. The van der Waals surface area contributed by atoms with Gasteiger partial charge < -0.3 is 18.8 Å². The Balaban J connectivity index is 1.34. The molecule has 1 N–H and O–H groups in total. The van der Waals surface area contributed by atoms with Crippen molar-refractivity contribution >= 4 is 32.5 Å². The van der Waals surface area contributed by atoms with E-state index < -0.39 is 10.0 Å². The van der Waals surface area contributed by atoms with Crippen molar-refractivity contribution in [3.8, 4) is 11.6 Å². The number of ether oxygens (including phenoxy) is 1. The van der Waals surface area contributed by atoms with Gasteiger partial charge in [0.1, 0.15) is 5.69 Å². The zero-order chi connectivity index (χ0) is 20.7. The smallest absolute Gasteiger partial charge is 0.274 e. The van der Waals surface area contributed by atoms with Crippen LogP contribution in [0.5, 0.6) is 0 Å². The minimum absolute atomic E-state index is 0.0133. The maximum atomic E-state index is 12.7. The van der Waals surface area contributed by atoms with E-state index in [0.29, 0.717) is 48.7 Å². The number of morpholine rings is 1. The summed E-state index contributed by atoms with van der Waals surface area (Å²) in [7, 11) is -3.65. The number of nitrogens with zero attached hydrogens (tertiary/aromatic N) is 5. The van der Waals surface area contributed by atoms with Gasteiger partial charge in [0.25, 0.3) is 15.9 Å². The van der Waals surface area contributed by atoms with Gasteiger partial charge in [-0.25, -0.2) is 13.4 Å². The van der Waals surface area contributed by atoms with Crippen LogP contribution >= 0.6 is 11.6 Å². The Morgan fingerprint density at radius 1 is 1.20 bits per heavy atom. The van der Waals surface area contributed by atoms with E-state index >= 15 is 0 Å². The number of fused-ring (bicyclic) bond motifs is 1. The van der Waals surface area contributed by atoms with Gasteiger partial charge in [0.15, 0.2) is 10.9 Å². The van der Waals surface area contributed by atoms with Crippen molar-refractivity contribution in [1.82, 2.24) is 29.0 Å². The first-order chi connectivity index (χ1) is 14.5. The van der Waals surface area contributed by atoms with E-state index in [1.165, 1.54) is 16.8 Å². The molecule has 0 bridgehead atoms. The molecule has 1 aromatic carbocycles. The number of aromatic amines is 1. The van der Waals surface area contributed by atoms with E-state index in [-0.39, 0.29) is 11.6 Å². The second-order valence-electron chi connectivity index (χ2n) is 6.83. The van der Waals surface area contributed by atoms with E-state index in [1.54, 1.807) is 10.6 Å². The lowest BCUT2D eigenvalue weighted by molar-refractivity contribution is 0.0729. The molecule has 30 heavy (non-hydrogen) atoms. The fraction of sp³-hybridized carbons (Fsp3) is 0.278. The van der Waals surface area contributed by atoms with Gasteiger partial charge in [-0.05, 0) is 24.3 Å². The Hall–Kier alpha value is -2.73. The van der Waals surface area contributed by atoms with E-state index in [9.17, 15) is 8.42 Å². The van der Waals surface area contributed by atoms with Crippen molar-refractivity contribution < 1.29 is 17.7 Å². The third-order valence-corrected chi connectivity index (χ3v) is 6.81. The molecule has 0 unspecified atom stereocenters. The van der Waals surface area contributed by atoms with Crippen LogP contribution in [0.3, 0.4) is 0 Å². The molecule has 1 fully saturated rings. The van der Waals surface area contributed by atoms with Crippen LogP contribution in [0.15, 0.2) is 46.3 Å². The van der Waals surface area contributed by atoms with Crippen molar-refractivity contribution in [1.29, 1.82) is 0 Å².